The highest BCUT2D eigenvalue weighted by Gasteiger charge is 2.70. The number of benzene rings is 2. The van der Waals surface area contributed by atoms with Gasteiger partial charge in [-0.05, 0) is 42.7 Å². The highest BCUT2D eigenvalue weighted by atomic mass is 16.7. The van der Waals surface area contributed by atoms with Gasteiger partial charge in [0.1, 0.15) is 6.10 Å². The largest absolute Gasteiger partial charge is 0.493 e. The third-order valence-corrected chi connectivity index (χ3v) is 7.98. The average molecular weight is 462 g/mol. The smallest absolute Gasteiger partial charge is 0.238 e. The van der Waals surface area contributed by atoms with Crippen molar-refractivity contribution in [3.8, 4) is 23.0 Å². The van der Waals surface area contributed by atoms with Gasteiger partial charge in [0.15, 0.2) is 23.0 Å². The Hall–Kier alpha value is -3.75. The second-order valence-corrected chi connectivity index (χ2v) is 9.31. The summed E-state index contributed by atoms with van der Waals surface area (Å²) in [6.07, 6.45) is 0.575. The maximum atomic E-state index is 13.6. The quantitative estimate of drug-likeness (QED) is 0.645. The van der Waals surface area contributed by atoms with Crippen LogP contribution in [0.2, 0.25) is 0 Å². The van der Waals surface area contributed by atoms with E-state index in [1.165, 1.54) is 4.90 Å². The summed E-state index contributed by atoms with van der Waals surface area (Å²) in [5, 5.41) is 4.41. The van der Waals surface area contributed by atoms with E-state index in [9.17, 15) is 9.59 Å². The van der Waals surface area contributed by atoms with Crippen molar-refractivity contribution in [1.29, 1.82) is 0 Å². The Balaban J connectivity index is 1.21. The van der Waals surface area contributed by atoms with Gasteiger partial charge in [-0.1, -0.05) is 5.16 Å². The van der Waals surface area contributed by atoms with E-state index in [-0.39, 0.29) is 54.3 Å². The zero-order valence-corrected chi connectivity index (χ0v) is 18.6. The normalized spacial score (nSPS) is 31.9. The molecule has 1 saturated heterocycles. The molecule has 0 radical (unpaired) electrons. The third-order valence-electron chi connectivity index (χ3n) is 7.98. The second-order valence-electron chi connectivity index (χ2n) is 9.31. The molecule has 0 unspecified atom stereocenters. The van der Waals surface area contributed by atoms with E-state index in [1.54, 1.807) is 32.4 Å². The summed E-state index contributed by atoms with van der Waals surface area (Å²) in [5.74, 6) is 1.21. The standard InChI is InChI=1S/C25H22N2O7/c1-30-15-5-3-11(7-17(15)31-2)22-21-13-9-14(23(21)34-26-22)20-19(13)24(28)27(25(20)29)12-4-6-16-18(8-12)33-10-32-16/h3-8,13-14,19-21,23H,9-10H2,1-2H3/t13-,14+,19+,20-,21+,23+/m0/s1. The number of hydrogen-bond acceptors (Lipinski definition) is 8. The lowest BCUT2D eigenvalue weighted by molar-refractivity contribution is -0.125. The van der Waals surface area contributed by atoms with Gasteiger partial charge < -0.3 is 23.8 Å². The Morgan fingerprint density at radius 2 is 1.65 bits per heavy atom. The van der Waals surface area contributed by atoms with Crippen molar-refractivity contribution in [1.82, 2.24) is 0 Å². The van der Waals surface area contributed by atoms with Crippen LogP contribution in [0.15, 0.2) is 41.6 Å². The molecule has 2 aromatic carbocycles. The minimum atomic E-state index is -0.385. The van der Waals surface area contributed by atoms with E-state index >= 15 is 0 Å². The highest BCUT2D eigenvalue weighted by Crippen LogP contribution is 2.62. The number of anilines is 1. The third kappa shape index (κ3) is 2.41. The molecule has 0 spiro atoms. The number of carbonyl (C=O) groups is 2. The first-order chi connectivity index (χ1) is 16.6. The van der Waals surface area contributed by atoms with E-state index < -0.39 is 0 Å². The van der Waals surface area contributed by atoms with Crippen LogP contribution in [0.5, 0.6) is 23.0 Å². The van der Waals surface area contributed by atoms with Crippen molar-refractivity contribution in [2.45, 2.75) is 12.5 Å². The van der Waals surface area contributed by atoms with E-state index in [1.807, 2.05) is 18.2 Å². The fourth-order valence-corrected chi connectivity index (χ4v) is 6.64. The van der Waals surface area contributed by atoms with Crippen LogP contribution >= 0.6 is 0 Å². The second kappa shape index (κ2) is 6.88. The number of hydrogen-bond donors (Lipinski definition) is 0. The Labute approximate surface area is 195 Å². The molecule has 2 aromatic rings. The fourth-order valence-electron chi connectivity index (χ4n) is 6.64. The number of rotatable bonds is 4. The first-order valence-electron chi connectivity index (χ1n) is 11.3. The van der Waals surface area contributed by atoms with Crippen molar-refractivity contribution in [3.63, 3.8) is 0 Å². The van der Waals surface area contributed by atoms with Crippen LogP contribution in [0, 0.1) is 29.6 Å². The monoisotopic (exact) mass is 462 g/mol. The van der Waals surface area contributed by atoms with Crippen molar-refractivity contribution >= 4 is 23.2 Å². The van der Waals surface area contributed by atoms with Crippen molar-refractivity contribution in [3.05, 3.63) is 42.0 Å². The average Bonchev–Trinajstić information content (AvgIpc) is 3.65. The highest BCUT2D eigenvalue weighted by molar-refractivity contribution is 6.23. The molecular formula is C25H22N2O7. The lowest BCUT2D eigenvalue weighted by Gasteiger charge is -2.29. The first-order valence-corrected chi connectivity index (χ1v) is 11.3. The number of imide groups is 1. The molecule has 9 nitrogen and oxygen atoms in total. The number of carbonyl (C=O) groups excluding carboxylic acids is 2. The Kier molecular flexibility index (Phi) is 3.99. The summed E-state index contributed by atoms with van der Waals surface area (Å²) >= 11 is 0. The van der Waals surface area contributed by atoms with Crippen molar-refractivity contribution in [2.75, 3.05) is 25.9 Å². The van der Waals surface area contributed by atoms with Crippen LogP contribution < -0.4 is 23.8 Å². The fraction of sp³-hybridized carbons (Fsp3) is 0.400. The summed E-state index contributed by atoms with van der Waals surface area (Å²) in [4.78, 5) is 34.3. The van der Waals surface area contributed by atoms with Gasteiger partial charge in [0.2, 0.25) is 18.6 Å². The van der Waals surface area contributed by atoms with Gasteiger partial charge in [-0.15, -0.1) is 0 Å². The molecular weight excluding hydrogens is 440 g/mol. The summed E-state index contributed by atoms with van der Waals surface area (Å²) < 4.78 is 21.6. The Morgan fingerprint density at radius 3 is 2.44 bits per heavy atom. The molecule has 2 amide bonds. The molecule has 5 aliphatic rings. The van der Waals surface area contributed by atoms with Crippen LogP contribution in [-0.2, 0) is 14.4 Å². The van der Waals surface area contributed by atoms with Gasteiger partial charge in [-0.25, -0.2) is 4.90 Å². The SMILES string of the molecule is COc1ccc(C2=NO[C@@H]3[C@@H]4C[C@@H]([C@H]5C(=O)N(c6ccc7c(c6)OCO7)C(=O)[C@@H]45)[C@H]23)cc1OC. The zero-order chi connectivity index (χ0) is 23.1. The number of nitrogens with zero attached hydrogens (tertiary/aromatic N) is 2. The lowest BCUT2D eigenvalue weighted by atomic mass is 9.71. The minimum absolute atomic E-state index is 0.00944. The first kappa shape index (κ1) is 19.7. The van der Waals surface area contributed by atoms with Crippen LogP contribution in [0.3, 0.4) is 0 Å². The molecule has 174 valence electrons. The molecule has 7 rings (SSSR count). The molecule has 3 fully saturated rings. The topological polar surface area (TPSA) is 95.9 Å². The van der Waals surface area contributed by atoms with Gasteiger partial charge in [0.25, 0.3) is 0 Å². The Bertz CT molecular complexity index is 1270. The molecule has 0 N–H and O–H groups in total. The molecule has 6 atom stereocenters. The molecule has 9 heteroatoms. The molecule has 2 saturated carbocycles. The molecule has 3 heterocycles. The number of amides is 2. The number of fused-ring (bicyclic) bond motifs is 9. The zero-order valence-electron chi connectivity index (χ0n) is 18.6. The molecule has 0 aromatic heterocycles. The summed E-state index contributed by atoms with van der Waals surface area (Å²) in [6.45, 7) is 0.134. The van der Waals surface area contributed by atoms with Crippen molar-refractivity contribution in [2.24, 2.45) is 34.7 Å². The van der Waals surface area contributed by atoms with Crippen LogP contribution in [0.1, 0.15) is 12.0 Å². The van der Waals surface area contributed by atoms with Gasteiger partial charge >= 0.3 is 0 Å². The number of ether oxygens (including phenoxy) is 4. The predicted molar refractivity (Wildman–Crippen MR) is 118 cm³/mol. The summed E-state index contributed by atoms with van der Waals surface area (Å²) in [5.41, 5.74) is 2.20. The van der Waals surface area contributed by atoms with Gasteiger partial charge in [0.05, 0.1) is 37.5 Å². The van der Waals surface area contributed by atoms with Gasteiger partial charge in [-0.3, -0.25) is 9.59 Å². The van der Waals surface area contributed by atoms with Crippen molar-refractivity contribution < 1.29 is 33.4 Å². The minimum Gasteiger partial charge on any atom is -0.493 e. The predicted octanol–water partition coefficient (Wildman–Crippen LogP) is 2.61. The van der Waals surface area contributed by atoms with Crippen LogP contribution in [-0.4, -0.2) is 44.6 Å². The number of oxime groups is 1. The van der Waals surface area contributed by atoms with Crippen LogP contribution in [0.25, 0.3) is 0 Å². The van der Waals surface area contributed by atoms with Crippen LogP contribution in [0.4, 0.5) is 5.69 Å². The summed E-state index contributed by atoms with van der Waals surface area (Å²) in [6, 6.07) is 10.8. The van der Waals surface area contributed by atoms with Gasteiger partial charge in [-0.2, -0.15) is 0 Å². The van der Waals surface area contributed by atoms with E-state index in [4.69, 9.17) is 23.8 Å². The molecule has 34 heavy (non-hydrogen) atoms. The van der Waals surface area contributed by atoms with E-state index in [0.29, 0.717) is 28.7 Å². The number of methoxy groups -OCH3 is 2. The van der Waals surface area contributed by atoms with Gasteiger partial charge in [0, 0.05) is 23.5 Å². The molecule has 2 bridgehead atoms. The molecule has 3 aliphatic heterocycles. The van der Waals surface area contributed by atoms with E-state index in [2.05, 4.69) is 5.16 Å². The maximum absolute atomic E-state index is 13.6. The maximum Gasteiger partial charge on any atom is 0.238 e. The summed E-state index contributed by atoms with van der Waals surface area (Å²) in [7, 11) is 3.18. The molecule has 2 aliphatic carbocycles. The van der Waals surface area contributed by atoms with E-state index in [0.717, 1.165) is 17.7 Å². The Morgan fingerprint density at radius 1 is 0.882 bits per heavy atom. The lowest BCUT2D eigenvalue weighted by Crippen LogP contribution is -2.41.